The van der Waals surface area contributed by atoms with Gasteiger partial charge >= 0.3 is 0 Å². The molecule has 2 aromatic carbocycles. The highest BCUT2D eigenvalue weighted by Crippen LogP contribution is 2.18. The first kappa shape index (κ1) is 22.0. The lowest BCUT2D eigenvalue weighted by Gasteiger charge is -2.06. The van der Waals surface area contributed by atoms with Gasteiger partial charge in [-0.25, -0.2) is 17.5 Å². The van der Waals surface area contributed by atoms with E-state index >= 15 is 0 Å². The smallest absolute Gasteiger partial charge is 0.240 e. The van der Waals surface area contributed by atoms with Crippen LogP contribution in [0.4, 0.5) is 9.52 Å². The number of amides is 1. The molecule has 0 unspecified atom stereocenters. The molecular formula is C20H21FN4O3S2. The monoisotopic (exact) mass is 448 g/mol. The van der Waals surface area contributed by atoms with Crippen molar-refractivity contribution in [2.75, 3.05) is 11.9 Å². The molecule has 3 rings (SSSR count). The van der Waals surface area contributed by atoms with Crippen molar-refractivity contribution in [3.8, 4) is 0 Å². The third-order valence-electron chi connectivity index (χ3n) is 4.18. The van der Waals surface area contributed by atoms with Gasteiger partial charge in [-0.3, -0.25) is 4.79 Å². The number of hydrogen-bond acceptors (Lipinski definition) is 6. The normalized spacial score (nSPS) is 11.4. The van der Waals surface area contributed by atoms with Gasteiger partial charge in [0.15, 0.2) is 0 Å². The van der Waals surface area contributed by atoms with Crippen LogP contribution in [0, 0.1) is 5.82 Å². The quantitative estimate of drug-likeness (QED) is 0.496. The van der Waals surface area contributed by atoms with E-state index in [1.54, 1.807) is 0 Å². The lowest BCUT2D eigenvalue weighted by molar-refractivity contribution is -0.116. The molecule has 1 heterocycles. The van der Waals surface area contributed by atoms with E-state index in [1.807, 2.05) is 18.2 Å². The maximum Gasteiger partial charge on any atom is 0.240 e. The van der Waals surface area contributed by atoms with Crippen molar-refractivity contribution >= 4 is 32.4 Å². The van der Waals surface area contributed by atoms with Gasteiger partial charge in [0, 0.05) is 19.4 Å². The van der Waals surface area contributed by atoms with Crippen LogP contribution in [0.2, 0.25) is 0 Å². The van der Waals surface area contributed by atoms with Gasteiger partial charge in [0.2, 0.25) is 21.1 Å². The molecule has 10 heteroatoms. The van der Waals surface area contributed by atoms with Crippen LogP contribution in [0.5, 0.6) is 0 Å². The average molecular weight is 449 g/mol. The lowest BCUT2D eigenvalue weighted by Crippen LogP contribution is -2.27. The fourth-order valence-electron chi connectivity index (χ4n) is 2.67. The summed E-state index contributed by atoms with van der Waals surface area (Å²) in [6, 6.07) is 14.6. The predicted molar refractivity (Wildman–Crippen MR) is 113 cm³/mol. The summed E-state index contributed by atoms with van der Waals surface area (Å²) in [5, 5.41) is 11.9. The summed E-state index contributed by atoms with van der Waals surface area (Å²) in [7, 11) is -3.80. The number of nitrogens with one attached hydrogen (secondary N) is 2. The first-order valence-electron chi connectivity index (χ1n) is 9.34. The van der Waals surface area contributed by atoms with Crippen molar-refractivity contribution in [3.05, 3.63) is 71.0 Å². The Morgan fingerprint density at radius 1 is 1.00 bits per heavy atom. The Morgan fingerprint density at radius 2 is 1.73 bits per heavy atom. The van der Waals surface area contributed by atoms with Crippen LogP contribution in [0.15, 0.2) is 59.5 Å². The topological polar surface area (TPSA) is 101 Å². The first-order valence-corrected chi connectivity index (χ1v) is 11.6. The number of sulfonamides is 1. The van der Waals surface area contributed by atoms with E-state index in [1.165, 1.54) is 16.9 Å². The summed E-state index contributed by atoms with van der Waals surface area (Å²) in [5.41, 5.74) is 1.26. The second-order valence-corrected chi connectivity index (χ2v) is 9.32. The largest absolute Gasteiger partial charge is 0.300 e. The number of anilines is 1. The van der Waals surface area contributed by atoms with Gasteiger partial charge in [-0.05, 0) is 42.7 Å². The molecule has 0 aliphatic carbocycles. The van der Waals surface area contributed by atoms with E-state index in [-0.39, 0.29) is 23.8 Å². The highest BCUT2D eigenvalue weighted by atomic mass is 32.2. The minimum absolute atomic E-state index is 0.0615. The minimum Gasteiger partial charge on any atom is -0.300 e. The third kappa shape index (κ3) is 6.68. The zero-order valence-electron chi connectivity index (χ0n) is 16.0. The number of nitrogens with zero attached hydrogens (tertiary/aromatic N) is 2. The Kier molecular flexibility index (Phi) is 7.61. The average Bonchev–Trinajstić information content (AvgIpc) is 3.16. The van der Waals surface area contributed by atoms with Crippen LogP contribution in [0.25, 0.3) is 0 Å². The molecule has 1 amide bonds. The molecule has 0 radical (unpaired) electrons. The van der Waals surface area contributed by atoms with Crippen molar-refractivity contribution in [3.63, 3.8) is 0 Å². The Bertz CT molecular complexity index is 1070. The fourth-order valence-corrected chi connectivity index (χ4v) is 4.50. The molecule has 0 atom stereocenters. The Morgan fingerprint density at radius 3 is 2.47 bits per heavy atom. The van der Waals surface area contributed by atoms with E-state index in [9.17, 15) is 17.6 Å². The van der Waals surface area contributed by atoms with Crippen LogP contribution < -0.4 is 10.0 Å². The van der Waals surface area contributed by atoms with Gasteiger partial charge in [-0.2, -0.15) is 0 Å². The number of benzene rings is 2. The number of rotatable bonds is 10. The van der Waals surface area contributed by atoms with Gasteiger partial charge in [0.1, 0.15) is 10.8 Å². The van der Waals surface area contributed by atoms with E-state index in [4.69, 9.17) is 0 Å². The van der Waals surface area contributed by atoms with Gasteiger partial charge in [-0.15, -0.1) is 10.2 Å². The summed E-state index contributed by atoms with van der Waals surface area (Å²) < 4.78 is 39.4. The van der Waals surface area contributed by atoms with E-state index < -0.39 is 15.8 Å². The summed E-state index contributed by atoms with van der Waals surface area (Å²) in [5.74, 6) is -0.895. The number of carbonyl (C=O) groups is 1. The van der Waals surface area contributed by atoms with Crippen molar-refractivity contribution in [1.29, 1.82) is 0 Å². The van der Waals surface area contributed by atoms with Crippen LogP contribution in [-0.2, 0) is 27.7 Å². The number of hydrogen-bond donors (Lipinski definition) is 2. The lowest BCUT2D eigenvalue weighted by atomic mass is 10.1. The number of carbonyl (C=O) groups excluding carboxylic acids is 1. The molecule has 1 aromatic heterocycles. The van der Waals surface area contributed by atoms with Crippen molar-refractivity contribution in [1.82, 2.24) is 14.9 Å². The Balaban J connectivity index is 1.40. The van der Waals surface area contributed by atoms with Crippen molar-refractivity contribution < 1.29 is 17.6 Å². The van der Waals surface area contributed by atoms with Gasteiger partial charge in [0.05, 0.1) is 4.90 Å². The van der Waals surface area contributed by atoms with E-state index in [0.717, 1.165) is 48.5 Å². The summed E-state index contributed by atoms with van der Waals surface area (Å²) in [6.45, 7) is -0.0890. The maximum absolute atomic E-state index is 12.9. The molecule has 0 bridgehead atoms. The molecule has 0 spiro atoms. The highest BCUT2D eigenvalue weighted by molar-refractivity contribution is 7.89. The SMILES string of the molecule is O=C(CCNS(=O)(=O)c1ccc(F)cc1)Nc1nnc(CCCc2ccccc2)s1. The van der Waals surface area contributed by atoms with E-state index in [0.29, 0.717) is 5.13 Å². The molecule has 0 saturated heterocycles. The molecule has 0 saturated carbocycles. The van der Waals surface area contributed by atoms with Gasteiger partial charge in [-0.1, -0.05) is 41.7 Å². The third-order valence-corrected chi connectivity index (χ3v) is 6.56. The zero-order valence-corrected chi connectivity index (χ0v) is 17.7. The number of halogens is 1. The van der Waals surface area contributed by atoms with Crippen molar-refractivity contribution in [2.45, 2.75) is 30.6 Å². The van der Waals surface area contributed by atoms with Gasteiger partial charge < -0.3 is 5.32 Å². The van der Waals surface area contributed by atoms with Crippen LogP contribution in [0.1, 0.15) is 23.4 Å². The molecule has 158 valence electrons. The highest BCUT2D eigenvalue weighted by Gasteiger charge is 2.15. The number of aryl methyl sites for hydroxylation is 2. The molecule has 0 aliphatic heterocycles. The van der Waals surface area contributed by atoms with E-state index in [2.05, 4.69) is 32.4 Å². The second kappa shape index (κ2) is 10.4. The minimum atomic E-state index is -3.80. The second-order valence-electron chi connectivity index (χ2n) is 6.49. The first-order chi connectivity index (χ1) is 14.4. The van der Waals surface area contributed by atoms with Crippen LogP contribution in [0.3, 0.4) is 0 Å². The van der Waals surface area contributed by atoms with Gasteiger partial charge in [0.25, 0.3) is 0 Å². The summed E-state index contributed by atoms with van der Waals surface area (Å²) >= 11 is 1.31. The molecule has 3 aromatic rings. The summed E-state index contributed by atoms with van der Waals surface area (Å²) in [6.07, 6.45) is 2.57. The molecule has 0 aliphatic rings. The Labute approximate surface area is 178 Å². The molecule has 2 N–H and O–H groups in total. The fraction of sp³-hybridized carbons (Fsp3) is 0.250. The van der Waals surface area contributed by atoms with Crippen LogP contribution in [-0.4, -0.2) is 31.1 Å². The molecule has 7 nitrogen and oxygen atoms in total. The number of aromatic nitrogens is 2. The standard InChI is InChI=1S/C20H21FN4O3S2/c21-16-9-11-17(12-10-16)30(27,28)22-14-13-18(26)23-20-25-24-19(29-20)8-4-7-15-5-2-1-3-6-15/h1-3,5-6,9-12,22H,4,7-8,13-14H2,(H,23,25,26). The van der Waals surface area contributed by atoms with Crippen LogP contribution >= 0.6 is 11.3 Å². The van der Waals surface area contributed by atoms with Crippen molar-refractivity contribution in [2.24, 2.45) is 0 Å². The Hall–Kier alpha value is -2.69. The molecule has 30 heavy (non-hydrogen) atoms. The predicted octanol–water partition coefficient (Wildman–Crippen LogP) is 3.16. The molecule has 0 fully saturated rings. The maximum atomic E-state index is 12.9. The summed E-state index contributed by atoms with van der Waals surface area (Å²) in [4.78, 5) is 12.0. The molecular weight excluding hydrogens is 427 g/mol. The zero-order chi connectivity index (χ0) is 21.4.